The van der Waals surface area contributed by atoms with E-state index in [4.69, 9.17) is 21.3 Å². The zero-order chi connectivity index (χ0) is 20.8. The lowest BCUT2D eigenvalue weighted by Crippen LogP contribution is -2.39. The van der Waals surface area contributed by atoms with Gasteiger partial charge in [-0.3, -0.25) is 14.6 Å². The van der Waals surface area contributed by atoms with Gasteiger partial charge in [-0.15, -0.1) is 0 Å². The maximum atomic E-state index is 13.2. The highest BCUT2D eigenvalue weighted by molar-refractivity contribution is 7.22. The van der Waals surface area contributed by atoms with E-state index < -0.39 is 0 Å². The Kier molecular flexibility index (Phi) is 7.33. The van der Waals surface area contributed by atoms with Crippen LogP contribution in [-0.2, 0) is 16.0 Å². The van der Waals surface area contributed by atoms with Crippen molar-refractivity contribution in [3.8, 4) is 0 Å². The van der Waals surface area contributed by atoms with Gasteiger partial charge < -0.3 is 4.74 Å². The molecular formula is C23H26ClN3O2S. The number of aromatic nitrogens is 1. The van der Waals surface area contributed by atoms with E-state index in [1.807, 2.05) is 41.3 Å². The van der Waals surface area contributed by atoms with Gasteiger partial charge in [0.25, 0.3) is 0 Å². The first-order valence-corrected chi connectivity index (χ1v) is 11.6. The normalized spacial score (nSPS) is 14.8. The second-order valence-corrected chi connectivity index (χ2v) is 8.84. The molecule has 30 heavy (non-hydrogen) atoms. The molecule has 3 aromatic rings. The SMILES string of the molecule is O=C(CCc1ccccc1)N(CCCN1CCOCC1)c1nc2c(Cl)cccc2s1. The zero-order valence-electron chi connectivity index (χ0n) is 16.9. The molecule has 0 spiro atoms. The topological polar surface area (TPSA) is 45.7 Å². The van der Waals surface area contributed by atoms with Gasteiger partial charge in [0.2, 0.25) is 5.91 Å². The number of halogens is 1. The predicted octanol–water partition coefficient (Wildman–Crippen LogP) is 4.64. The van der Waals surface area contributed by atoms with Gasteiger partial charge in [-0.25, -0.2) is 4.98 Å². The highest BCUT2D eigenvalue weighted by Gasteiger charge is 2.21. The van der Waals surface area contributed by atoms with Gasteiger partial charge in [-0.05, 0) is 30.5 Å². The van der Waals surface area contributed by atoms with Crippen LogP contribution in [0, 0.1) is 0 Å². The van der Waals surface area contributed by atoms with E-state index in [9.17, 15) is 4.79 Å². The first-order valence-electron chi connectivity index (χ1n) is 10.4. The third-order valence-corrected chi connectivity index (χ3v) is 6.67. The molecule has 2 aromatic carbocycles. The number of para-hydroxylation sites is 1. The summed E-state index contributed by atoms with van der Waals surface area (Å²) in [6, 6.07) is 15.9. The second-order valence-electron chi connectivity index (χ2n) is 7.42. The van der Waals surface area contributed by atoms with Gasteiger partial charge in [0.1, 0.15) is 5.52 Å². The maximum absolute atomic E-state index is 13.2. The van der Waals surface area contributed by atoms with Crippen LogP contribution in [0.1, 0.15) is 18.4 Å². The Balaban J connectivity index is 1.47. The van der Waals surface area contributed by atoms with Crippen LogP contribution in [0.5, 0.6) is 0 Å². The first kappa shape index (κ1) is 21.2. The molecule has 0 radical (unpaired) electrons. The summed E-state index contributed by atoms with van der Waals surface area (Å²) in [6.45, 7) is 5.10. The number of amides is 1. The minimum Gasteiger partial charge on any atom is -0.379 e. The highest BCUT2D eigenvalue weighted by atomic mass is 35.5. The smallest absolute Gasteiger partial charge is 0.229 e. The minimum absolute atomic E-state index is 0.107. The van der Waals surface area contributed by atoms with E-state index in [1.165, 1.54) is 16.9 Å². The van der Waals surface area contributed by atoms with Gasteiger partial charge in [0.05, 0.1) is 22.9 Å². The number of benzene rings is 2. The van der Waals surface area contributed by atoms with Crippen molar-refractivity contribution < 1.29 is 9.53 Å². The van der Waals surface area contributed by atoms with Gasteiger partial charge >= 0.3 is 0 Å². The van der Waals surface area contributed by atoms with Crippen LogP contribution in [0.25, 0.3) is 10.2 Å². The third kappa shape index (κ3) is 5.38. The summed E-state index contributed by atoms with van der Waals surface area (Å²) in [4.78, 5) is 22.1. The van der Waals surface area contributed by atoms with Crippen molar-refractivity contribution >= 4 is 44.2 Å². The number of anilines is 1. The van der Waals surface area contributed by atoms with Crippen molar-refractivity contribution in [3.63, 3.8) is 0 Å². The molecule has 4 rings (SSSR count). The Hall–Kier alpha value is -1.99. The molecule has 0 aliphatic carbocycles. The van der Waals surface area contributed by atoms with Crippen molar-refractivity contribution in [1.29, 1.82) is 0 Å². The van der Waals surface area contributed by atoms with Crippen molar-refractivity contribution in [1.82, 2.24) is 9.88 Å². The average Bonchev–Trinajstić information content (AvgIpc) is 3.22. The maximum Gasteiger partial charge on any atom is 0.229 e. The Morgan fingerprint density at radius 1 is 1.13 bits per heavy atom. The second kappa shape index (κ2) is 10.4. The van der Waals surface area contributed by atoms with Crippen molar-refractivity contribution in [2.75, 3.05) is 44.3 Å². The predicted molar refractivity (Wildman–Crippen MR) is 124 cm³/mol. The van der Waals surface area contributed by atoms with Crippen molar-refractivity contribution in [3.05, 3.63) is 59.1 Å². The molecule has 1 fully saturated rings. The molecule has 1 amide bonds. The van der Waals surface area contributed by atoms with Crippen LogP contribution in [-0.4, -0.2) is 55.2 Å². The van der Waals surface area contributed by atoms with E-state index >= 15 is 0 Å². The number of fused-ring (bicyclic) bond motifs is 1. The van der Waals surface area contributed by atoms with Crippen LogP contribution in [0.4, 0.5) is 5.13 Å². The Morgan fingerprint density at radius 3 is 2.70 bits per heavy atom. The molecule has 0 unspecified atom stereocenters. The van der Waals surface area contributed by atoms with E-state index in [1.54, 1.807) is 0 Å². The number of thiazole rings is 1. The Labute approximate surface area is 186 Å². The molecule has 0 atom stereocenters. The van der Waals surface area contributed by atoms with Crippen molar-refractivity contribution in [2.45, 2.75) is 19.3 Å². The lowest BCUT2D eigenvalue weighted by atomic mass is 10.1. The summed E-state index contributed by atoms with van der Waals surface area (Å²) in [5.41, 5.74) is 1.94. The lowest BCUT2D eigenvalue weighted by molar-refractivity contribution is -0.118. The molecular weight excluding hydrogens is 418 g/mol. The number of hydrogen-bond acceptors (Lipinski definition) is 5. The molecule has 7 heteroatoms. The van der Waals surface area contributed by atoms with Crippen molar-refractivity contribution in [2.24, 2.45) is 0 Å². The van der Waals surface area contributed by atoms with E-state index in [-0.39, 0.29) is 5.91 Å². The van der Waals surface area contributed by atoms with Crippen LogP contribution in [0.15, 0.2) is 48.5 Å². The van der Waals surface area contributed by atoms with Crippen LogP contribution >= 0.6 is 22.9 Å². The molecule has 158 valence electrons. The van der Waals surface area contributed by atoms with E-state index in [0.717, 1.165) is 61.0 Å². The quantitative estimate of drug-likeness (QED) is 0.509. The summed E-state index contributed by atoms with van der Waals surface area (Å²) in [5, 5.41) is 1.36. The van der Waals surface area contributed by atoms with Gasteiger partial charge in [0, 0.05) is 32.6 Å². The summed E-state index contributed by atoms with van der Waals surface area (Å²) < 4.78 is 6.43. The number of carbonyl (C=O) groups is 1. The van der Waals surface area contributed by atoms with Gasteiger partial charge in [0.15, 0.2) is 5.13 Å². The number of aryl methyl sites for hydroxylation is 1. The summed E-state index contributed by atoms with van der Waals surface area (Å²) in [7, 11) is 0. The number of carbonyl (C=O) groups excluding carboxylic acids is 1. The van der Waals surface area contributed by atoms with E-state index in [2.05, 4.69) is 17.0 Å². The summed E-state index contributed by atoms with van der Waals surface area (Å²) >= 11 is 7.86. The van der Waals surface area contributed by atoms with E-state index in [0.29, 0.717) is 18.0 Å². The molecule has 1 aliphatic heterocycles. The number of nitrogens with zero attached hydrogens (tertiary/aromatic N) is 3. The molecule has 1 saturated heterocycles. The molecule has 1 aromatic heterocycles. The largest absolute Gasteiger partial charge is 0.379 e. The molecule has 5 nitrogen and oxygen atoms in total. The fraction of sp³-hybridized carbons (Fsp3) is 0.391. The van der Waals surface area contributed by atoms with Gasteiger partial charge in [-0.2, -0.15) is 0 Å². The molecule has 1 aliphatic rings. The Bertz CT molecular complexity index is 973. The molecule has 0 N–H and O–H groups in total. The fourth-order valence-electron chi connectivity index (χ4n) is 3.65. The van der Waals surface area contributed by atoms with Gasteiger partial charge in [-0.1, -0.05) is 59.3 Å². The zero-order valence-corrected chi connectivity index (χ0v) is 18.5. The standard InChI is InChI=1S/C23H26ClN3O2S/c24-19-8-4-9-20-22(19)25-23(30-20)27(13-5-12-26-14-16-29-17-15-26)21(28)11-10-18-6-2-1-3-7-18/h1-4,6-9H,5,10-17H2. The summed E-state index contributed by atoms with van der Waals surface area (Å²) in [6.07, 6.45) is 2.09. The number of morpholine rings is 1. The van der Waals surface area contributed by atoms with Crippen LogP contribution < -0.4 is 4.90 Å². The molecule has 0 bridgehead atoms. The Morgan fingerprint density at radius 2 is 1.93 bits per heavy atom. The first-order chi connectivity index (χ1) is 14.7. The third-order valence-electron chi connectivity index (χ3n) is 5.32. The highest BCUT2D eigenvalue weighted by Crippen LogP contribution is 2.33. The van der Waals surface area contributed by atoms with Crippen LogP contribution in [0.2, 0.25) is 5.02 Å². The van der Waals surface area contributed by atoms with Crippen LogP contribution in [0.3, 0.4) is 0 Å². The average molecular weight is 444 g/mol. The minimum atomic E-state index is 0.107. The molecule has 0 saturated carbocycles. The fourth-order valence-corrected chi connectivity index (χ4v) is 4.96. The summed E-state index contributed by atoms with van der Waals surface area (Å²) in [5.74, 6) is 0.107. The number of ether oxygens (including phenoxy) is 1. The lowest BCUT2D eigenvalue weighted by Gasteiger charge is -2.27. The number of rotatable bonds is 8. The monoisotopic (exact) mass is 443 g/mol. The number of hydrogen-bond donors (Lipinski definition) is 0. The molecule has 2 heterocycles.